The highest BCUT2D eigenvalue weighted by atomic mass is 16.5. The van der Waals surface area contributed by atoms with Crippen molar-refractivity contribution < 1.29 is 14.3 Å². The number of hydrogen-bond acceptors (Lipinski definition) is 4. The molecule has 0 radical (unpaired) electrons. The number of benzene rings is 3. The number of fused-ring (bicyclic) bond motifs is 3. The van der Waals surface area contributed by atoms with Gasteiger partial charge in [0.2, 0.25) is 0 Å². The maximum absolute atomic E-state index is 12.8. The van der Waals surface area contributed by atoms with Crippen LogP contribution in [0.15, 0.2) is 77.6 Å². The Labute approximate surface area is 179 Å². The highest BCUT2D eigenvalue weighted by Crippen LogP contribution is 2.40. The summed E-state index contributed by atoms with van der Waals surface area (Å²) in [6.45, 7) is 2.53. The topological polar surface area (TPSA) is 68.4 Å². The summed E-state index contributed by atoms with van der Waals surface area (Å²) < 4.78 is 11.4. The fourth-order valence-corrected chi connectivity index (χ4v) is 4.01. The van der Waals surface area contributed by atoms with Crippen molar-refractivity contribution in [3.05, 3.63) is 105 Å². The van der Waals surface area contributed by atoms with Crippen LogP contribution in [-0.4, -0.2) is 11.0 Å². The number of carbonyl (C=O) groups excluding carboxylic acids is 1. The van der Waals surface area contributed by atoms with Gasteiger partial charge in [0.15, 0.2) is 0 Å². The van der Waals surface area contributed by atoms with Crippen LogP contribution in [0.4, 0.5) is 0 Å². The van der Waals surface area contributed by atoms with Crippen molar-refractivity contribution in [2.24, 2.45) is 0 Å². The number of aromatic amines is 1. The zero-order valence-electron chi connectivity index (χ0n) is 17.1. The molecule has 1 unspecified atom stereocenters. The molecule has 0 saturated carbocycles. The van der Waals surface area contributed by atoms with Crippen LogP contribution in [0.1, 0.15) is 34.6 Å². The molecule has 0 fully saturated rings. The second-order valence-corrected chi connectivity index (χ2v) is 7.82. The highest BCUT2D eigenvalue weighted by molar-refractivity contribution is 5.91. The Hall–Kier alpha value is -3.86. The smallest absolute Gasteiger partial charge is 0.312 e. The lowest BCUT2D eigenvalue weighted by Crippen LogP contribution is -2.28. The third-order valence-electron chi connectivity index (χ3n) is 5.65. The van der Waals surface area contributed by atoms with Gasteiger partial charge in [-0.25, -0.2) is 0 Å². The SMILES string of the molecule is Cc1ccc(COc2ccc(C3CC(=O)Oc4c3c(=O)[nH]c3ccccc43)cc2)cc1. The van der Waals surface area contributed by atoms with Gasteiger partial charge in [-0.1, -0.05) is 54.1 Å². The zero-order chi connectivity index (χ0) is 21.4. The summed E-state index contributed by atoms with van der Waals surface area (Å²) in [6.07, 6.45) is 0.123. The van der Waals surface area contributed by atoms with Crippen molar-refractivity contribution in [3.8, 4) is 11.5 Å². The van der Waals surface area contributed by atoms with E-state index in [0.717, 1.165) is 22.3 Å². The normalized spacial score (nSPS) is 15.4. The Morgan fingerprint density at radius 2 is 1.71 bits per heavy atom. The van der Waals surface area contributed by atoms with Crippen molar-refractivity contribution in [1.29, 1.82) is 0 Å². The molecule has 3 aromatic carbocycles. The predicted molar refractivity (Wildman–Crippen MR) is 119 cm³/mol. The molecule has 0 spiro atoms. The first kappa shape index (κ1) is 19.1. The van der Waals surface area contributed by atoms with Gasteiger partial charge in [-0.3, -0.25) is 9.59 Å². The van der Waals surface area contributed by atoms with Crippen molar-refractivity contribution in [3.63, 3.8) is 0 Å². The predicted octanol–water partition coefficient (Wildman–Crippen LogP) is 4.86. The third kappa shape index (κ3) is 3.70. The molecule has 1 aromatic heterocycles. The van der Waals surface area contributed by atoms with Crippen LogP contribution in [0.3, 0.4) is 0 Å². The molecular formula is C26H21NO4. The number of esters is 1. The second-order valence-electron chi connectivity index (χ2n) is 7.82. The Morgan fingerprint density at radius 1 is 0.968 bits per heavy atom. The van der Waals surface area contributed by atoms with Gasteiger partial charge in [0.05, 0.1) is 17.5 Å². The monoisotopic (exact) mass is 411 g/mol. The standard InChI is InChI=1S/C26H21NO4/c1-16-6-8-17(9-7-16)15-30-19-12-10-18(11-13-19)21-14-23(28)31-25-20-4-2-3-5-22(20)27-26(29)24(21)25/h2-13,21H,14-15H2,1H3,(H,27,29). The number of hydrogen-bond donors (Lipinski definition) is 1. The van der Waals surface area contributed by atoms with Gasteiger partial charge in [0.1, 0.15) is 18.1 Å². The molecule has 5 heteroatoms. The molecule has 1 atom stereocenters. The molecule has 0 aliphatic carbocycles. The van der Waals surface area contributed by atoms with E-state index in [1.807, 2.05) is 54.6 Å². The van der Waals surface area contributed by atoms with E-state index in [9.17, 15) is 9.59 Å². The van der Waals surface area contributed by atoms with Crippen molar-refractivity contribution in [2.45, 2.75) is 25.9 Å². The van der Waals surface area contributed by atoms with Crippen LogP contribution in [0.5, 0.6) is 11.5 Å². The number of ether oxygens (including phenoxy) is 2. The molecule has 5 nitrogen and oxygen atoms in total. The van der Waals surface area contributed by atoms with Crippen LogP contribution < -0.4 is 15.0 Å². The van der Waals surface area contributed by atoms with Crippen LogP contribution >= 0.6 is 0 Å². The number of rotatable bonds is 4. The molecule has 2 heterocycles. The molecule has 0 amide bonds. The number of aromatic nitrogens is 1. The van der Waals surface area contributed by atoms with Gasteiger partial charge >= 0.3 is 5.97 Å². The first-order valence-corrected chi connectivity index (χ1v) is 10.2. The first-order chi connectivity index (χ1) is 15.1. The van der Waals surface area contributed by atoms with Crippen LogP contribution in [0, 0.1) is 6.92 Å². The summed E-state index contributed by atoms with van der Waals surface area (Å²) >= 11 is 0. The van der Waals surface area contributed by atoms with Gasteiger partial charge in [0, 0.05) is 11.3 Å². The molecule has 1 N–H and O–H groups in total. The fourth-order valence-electron chi connectivity index (χ4n) is 4.01. The lowest BCUT2D eigenvalue weighted by molar-refractivity contribution is -0.135. The molecule has 0 bridgehead atoms. The Morgan fingerprint density at radius 3 is 2.48 bits per heavy atom. The number of carbonyl (C=O) groups is 1. The maximum Gasteiger partial charge on any atom is 0.312 e. The molecule has 1 aliphatic heterocycles. The second kappa shape index (κ2) is 7.76. The van der Waals surface area contributed by atoms with Crippen LogP contribution in [0.2, 0.25) is 0 Å². The zero-order valence-corrected chi connectivity index (χ0v) is 17.1. The third-order valence-corrected chi connectivity index (χ3v) is 5.65. The van der Waals surface area contributed by atoms with E-state index in [0.29, 0.717) is 23.4 Å². The van der Waals surface area contributed by atoms with Gasteiger partial charge in [0.25, 0.3) is 5.56 Å². The lowest BCUT2D eigenvalue weighted by atomic mass is 9.86. The minimum atomic E-state index is -0.365. The summed E-state index contributed by atoms with van der Waals surface area (Å²) in [7, 11) is 0. The van der Waals surface area contributed by atoms with Gasteiger partial charge in [-0.05, 0) is 42.3 Å². The minimum absolute atomic E-state index is 0.123. The van der Waals surface area contributed by atoms with Crippen molar-refractivity contribution in [1.82, 2.24) is 4.98 Å². The van der Waals surface area contributed by atoms with Gasteiger partial charge in [-0.15, -0.1) is 0 Å². The average Bonchev–Trinajstić information content (AvgIpc) is 2.78. The quantitative estimate of drug-likeness (QED) is 0.487. The molecule has 5 rings (SSSR count). The average molecular weight is 411 g/mol. The van der Waals surface area contributed by atoms with E-state index in [2.05, 4.69) is 24.0 Å². The van der Waals surface area contributed by atoms with E-state index in [-0.39, 0.29) is 23.9 Å². The summed E-state index contributed by atoms with van der Waals surface area (Å²) in [5.41, 5.74) is 4.10. The van der Waals surface area contributed by atoms with Crippen LogP contribution in [0.25, 0.3) is 10.9 Å². The van der Waals surface area contributed by atoms with Crippen molar-refractivity contribution >= 4 is 16.9 Å². The number of aryl methyl sites for hydroxylation is 1. The van der Waals surface area contributed by atoms with E-state index in [1.54, 1.807) is 6.07 Å². The Balaban J connectivity index is 1.44. The summed E-state index contributed by atoms with van der Waals surface area (Å²) in [4.78, 5) is 28.1. The number of H-pyrrole nitrogens is 1. The van der Waals surface area contributed by atoms with E-state index >= 15 is 0 Å². The fraction of sp³-hybridized carbons (Fsp3) is 0.154. The molecule has 1 aliphatic rings. The Bertz CT molecular complexity index is 1320. The van der Waals surface area contributed by atoms with Crippen molar-refractivity contribution in [2.75, 3.05) is 0 Å². The highest BCUT2D eigenvalue weighted by Gasteiger charge is 2.32. The van der Waals surface area contributed by atoms with E-state index in [4.69, 9.17) is 9.47 Å². The van der Waals surface area contributed by atoms with E-state index in [1.165, 1.54) is 5.56 Å². The molecular weight excluding hydrogens is 390 g/mol. The summed E-state index contributed by atoms with van der Waals surface area (Å²) in [5.74, 6) is 0.388. The first-order valence-electron chi connectivity index (χ1n) is 10.2. The Kier molecular flexibility index (Phi) is 4.79. The molecule has 4 aromatic rings. The molecule has 31 heavy (non-hydrogen) atoms. The minimum Gasteiger partial charge on any atom is -0.489 e. The maximum atomic E-state index is 12.8. The lowest BCUT2D eigenvalue weighted by Gasteiger charge is -2.25. The van der Waals surface area contributed by atoms with Gasteiger partial charge in [-0.2, -0.15) is 0 Å². The number of nitrogens with one attached hydrogen (secondary N) is 1. The van der Waals surface area contributed by atoms with E-state index < -0.39 is 0 Å². The number of para-hydroxylation sites is 1. The molecule has 0 saturated heterocycles. The summed E-state index contributed by atoms with van der Waals surface area (Å²) in [5, 5.41) is 0.730. The number of pyridine rings is 1. The summed E-state index contributed by atoms with van der Waals surface area (Å²) in [6, 6.07) is 23.1. The van der Waals surface area contributed by atoms with Gasteiger partial charge < -0.3 is 14.5 Å². The molecule has 154 valence electrons. The van der Waals surface area contributed by atoms with Crippen LogP contribution in [-0.2, 0) is 11.4 Å². The largest absolute Gasteiger partial charge is 0.489 e.